The van der Waals surface area contributed by atoms with Gasteiger partial charge >= 0.3 is 0 Å². The fourth-order valence-electron chi connectivity index (χ4n) is 1.22. The molecule has 0 bridgehead atoms. The second-order valence-electron chi connectivity index (χ2n) is 3.25. The van der Waals surface area contributed by atoms with E-state index in [0.717, 1.165) is 0 Å². The molecule has 2 nitrogen and oxygen atoms in total. The van der Waals surface area contributed by atoms with Crippen LogP contribution in [-0.4, -0.2) is 18.4 Å². The second-order valence-corrected chi connectivity index (χ2v) is 3.25. The molecule has 1 rings (SSSR count). The number of hydrogen-bond acceptors (Lipinski definition) is 2. The summed E-state index contributed by atoms with van der Waals surface area (Å²) in [5.74, 6) is -0.159. The molecule has 0 radical (unpaired) electrons. The molecule has 0 amide bonds. The number of halogens is 2. The Bertz CT molecular complexity index is 313. The quantitative estimate of drug-likeness (QED) is 0.766. The van der Waals surface area contributed by atoms with Crippen molar-refractivity contribution in [2.75, 3.05) is 13.3 Å². The molecule has 0 saturated heterocycles. The topological polar surface area (TPSA) is 29.5 Å². The van der Waals surface area contributed by atoms with Gasteiger partial charge in [0.05, 0.1) is 19.4 Å². The highest BCUT2D eigenvalue weighted by Crippen LogP contribution is 2.25. The molecule has 84 valence electrons. The van der Waals surface area contributed by atoms with E-state index in [1.807, 2.05) is 0 Å². The summed E-state index contributed by atoms with van der Waals surface area (Å²) in [5, 5.41) is 9.38. The molecule has 0 saturated carbocycles. The van der Waals surface area contributed by atoms with Gasteiger partial charge in [0.2, 0.25) is 0 Å². The monoisotopic (exact) mass is 216 g/mol. The summed E-state index contributed by atoms with van der Waals surface area (Å²) in [5.41, 5.74) is 0.509. The first-order valence-electron chi connectivity index (χ1n) is 4.81. The summed E-state index contributed by atoms with van der Waals surface area (Å²) in [6.07, 6.45) is -0.471. The molecule has 0 spiro atoms. The van der Waals surface area contributed by atoms with Crippen LogP contribution in [0.5, 0.6) is 5.75 Å². The van der Waals surface area contributed by atoms with Crippen molar-refractivity contribution < 1.29 is 18.6 Å². The molecule has 1 N–H and O–H groups in total. The second kappa shape index (κ2) is 5.66. The van der Waals surface area contributed by atoms with Crippen LogP contribution >= 0.6 is 0 Å². The molecule has 0 unspecified atom stereocenters. The molecule has 4 heteroatoms. The molecule has 0 fully saturated rings. The zero-order valence-corrected chi connectivity index (χ0v) is 8.54. The van der Waals surface area contributed by atoms with E-state index in [2.05, 4.69) is 0 Å². The average molecular weight is 216 g/mol. The minimum absolute atomic E-state index is 0.180. The van der Waals surface area contributed by atoms with E-state index in [1.165, 1.54) is 18.2 Å². The predicted octanol–water partition coefficient (Wildman–Crippen LogP) is 2.62. The Morgan fingerprint density at radius 1 is 1.47 bits per heavy atom. The zero-order chi connectivity index (χ0) is 11.3. The molecule has 1 aromatic rings. The summed E-state index contributed by atoms with van der Waals surface area (Å²) >= 11 is 0. The lowest BCUT2D eigenvalue weighted by molar-refractivity contribution is 0.190. The minimum atomic E-state index is -0.731. The van der Waals surface area contributed by atoms with Crippen LogP contribution in [-0.2, 0) is 0 Å². The van der Waals surface area contributed by atoms with Gasteiger partial charge in [-0.1, -0.05) is 0 Å². The van der Waals surface area contributed by atoms with Crippen molar-refractivity contribution in [2.45, 2.75) is 19.4 Å². The summed E-state index contributed by atoms with van der Waals surface area (Å²) < 4.78 is 29.9. The van der Waals surface area contributed by atoms with Crippen molar-refractivity contribution in [2.24, 2.45) is 0 Å². The predicted molar refractivity (Wildman–Crippen MR) is 53.1 cm³/mol. The van der Waals surface area contributed by atoms with E-state index in [9.17, 15) is 13.9 Å². The lowest BCUT2D eigenvalue weighted by Crippen LogP contribution is -2.03. The number of aliphatic hydroxyl groups is 1. The number of benzene rings is 1. The maximum absolute atomic E-state index is 12.9. The number of rotatable bonds is 5. The SMILES string of the molecule is C[C@@H](O)c1ccc(F)cc1OCCCF. The number of aliphatic hydroxyl groups excluding tert-OH is 1. The van der Waals surface area contributed by atoms with Gasteiger partial charge in [-0.25, -0.2) is 4.39 Å². The Morgan fingerprint density at radius 3 is 2.80 bits per heavy atom. The Labute approximate surface area is 87.5 Å². The van der Waals surface area contributed by atoms with Crippen LogP contribution < -0.4 is 4.74 Å². The van der Waals surface area contributed by atoms with Gasteiger partial charge in [0, 0.05) is 18.1 Å². The van der Waals surface area contributed by atoms with Crippen LogP contribution in [0.4, 0.5) is 8.78 Å². The van der Waals surface area contributed by atoms with Crippen LogP contribution in [0, 0.1) is 5.82 Å². The lowest BCUT2D eigenvalue weighted by Gasteiger charge is -2.12. The van der Waals surface area contributed by atoms with Crippen molar-refractivity contribution >= 4 is 0 Å². The van der Waals surface area contributed by atoms with E-state index in [1.54, 1.807) is 6.92 Å². The zero-order valence-electron chi connectivity index (χ0n) is 8.54. The smallest absolute Gasteiger partial charge is 0.127 e. The molecule has 0 aliphatic heterocycles. The van der Waals surface area contributed by atoms with Crippen LogP contribution in [0.25, 0.3) is 0 Å². The molecule has 1 aromatic carbocycles. The van der Waals surface area contributed by atoms with Gasteiger partial charge in [-0.05, 0) is 19.1 Å². The Kier molecular flexibility index (Phi) is 4.49. The third-order valence-corrected chi connectivity index (χ3v) is 1.96. The van der Waals surface area contributed by atoms with Crippen molar-refractivity contribution in [3.05, 3.63) is 29.6 Å². The Hall–Kier alpha value is -1.16. The number of ether oxygens (including phenoxy) is 1. The van der Waals surface area contributed by atoms with Gasteiger partial charge in [-0.2, -0.15) is 0 Å². The van der Waals surface area contributed by atoms with Gasteiger partial charge in [-0.15, -0.1) is 0 Å². The fourth-order valence-corrected chi connectivity index (χ4v) is 1.22. The van der Waals surface area contributed by atoms with E-state index in [0.29, 0.717) is 5.56 Å². The molecule has 1 atom stereocenters. The van der Waals surface area contributed by atoms with E-state index >= 15 is 0 Å². The van der Waals surface area contributed by atoms with E-state index in [-0.39, 0.29) is 18.8 Å². The molecule has 0 heterocycles. The van der Waals surface area contributed by atoms with Gasteiger partial charge in [0.1, 0.15) is 11.6 Å². The van der Waals surface area contributed by atoms with Crippen molar-refractivity contribution in [3.63, 3.8) is 0 Å². The summed E-state index contributed by atoms with van der Waals surface area (Å²) in [7, 11) is 0. The lowest BCUT2D eigenvalue weighted by atomic mass is 10.1. The number of hydrogen-bond donors (Lipinski definition) is 1. The third-order valence-electron chi connectivity index (χ3n) is 1.96. The molecular weight excluding hydrogens is 202 g/mol. The van der Waals surface area contributed by atoms with Crippen LogP contribution in [0.3, 0.4) is 0 Å². The summed E-state index contributed by atoms with van der Waals surface area (Å²) in [6.45, 7) is 1.27. The first kappa shape index (κ1) is 11.9. The highest BCUT2D eigenvalue weighted by Gasteiger charge is 2.10. The van der Waals surface area contributed by atoms with E-state index in [4.69, 9.17) is 4.74 Å². The van der Waals surface area contributed by atoms with Crippen LogP contribution in [0.15, 0.2) is 18.2 Å². The van der Waals surface area contributed by atoms with Crippen molar-refractivity contribution in [3.8, 4) is 5.75 Å². The van der Waals surface area contributed by atoms with Gasteiger partial charge in [0.15, 0.2) is 0 Å². The first-order valence-corrected chi connectivity index (χ1v) is 4.81. The standard InChI is InChI=1S/C11H14F2O2/c1-8(14)10-4-3-9(13)7-11(10)15-6-2-5-12/h3-4,7-8,14H,2,5-6H2,1H3/t8-/m1/s1. The third kappa shape index (κ3) is 3.47. The maximum atomic E-state index is 12.9. The van der Waals surface area contributed by atoms with Crippen molar-refractivity contribution in [1.82, 2.24) is 0 Å². The largest absolute Gasteiger partial charge is 0.493 e. The minimum Gasteiger partial charge on any atom is -0.493 e. The average Bonchev–Trinajstić information content (AvgIpc) is 2.18. The van der Waals surface area contributed by atoms with E-state index < -0.39 is 18.6 Å². The number of alkyl halides is 1. The highest BCUT2D eigenvalue weighted by atomic mass is 19.1. The molecule has 0 aromatic heterocycles. The molecule has 15 heavy (non-hydrogen) atoms. The Balaban J connectivity index is 2.77. The summed E-state index contributed by atoms with van der Waals surface area (Å²) in [4.78, 5) is 0. The van der Waals surface area contributed by atoms with Crippen LogP contribution in [0.1, 0.15) is 25.0 Å². The molecule has 0 aliphatic rings. The van der Waals surface area contributed by atoms with Crippen LogP contribution in [0.2, 0.25) is 0 Å². The van der Waals surface area contributed by atoms with Gasteiger partial charge < -0.3 is 9.84 Å². The first-order chi connectivity index (χ1) is 7.15. The van der Waals surface area contributed by atoms with Crippen molar-refractivity contribution in [1.29, 1.82) is 0 Å². The molecule has 0 aliphatic carbocycles. The van der Waals surface area contributed by atoms with Gasteiger partial charge in [-0.3, -0.25) is 4.39 Å². The molecular formula is C11H14F2O2. The Morgan fingerprint density at radius 2 is 2.20 bits per heavy atom. The summed E-state index contributed by atoms with van der Waals surface area (Å²) in [6, 6.07) is 3.91. The fraction of sp³-hybridized carbons (Fsp3) is 0.455. The highest BCUT2D eigenvalue weighted by molar-refractivity contribution is 5.35. The van der Waals surface area contributed by atoms with Gasteiger partial charge in [0.25, 0.3) is 0 Å². The normalized spacial score (nSPS) is 12.5. The maximum Gasteiger partial charge on any atom is 0.127 e.